The minimum Gasteiger partial charge on any atom is -0.192 e. The van der Waals surface area contributed by atoms with Gasteiger partial charge in [-0.1, -0.05) is 18.7 Å². The lowest BCUT2D eigenvalue weighted by molar-refractivity contribution is -0.137. The van der Waals surface area contributed by atoms with Gasteiger partial charge < -0.3 is 0 Å². The lowest BCUT2D eigenvalue weighted by Crippen LogP contribution is -2.08. The Kier molecular flexibility index (Phi) is 2.61. The van der Waals surface area contributed by atoms with E-state index in [0.29, 0.717) is 0 Å². The first-order valence-corrected chi connectivity index (χ1v) is 3.73. The standard InChI is InChI=1S/C10H6F3N/c1-2-8-7(6-14)4-3-5-9(8)10(11,12)13/h2-5H,1H2. The summed E-state index contributed by atoms with van der Waals surface area (Å²) in [6.07, 6.45) is -3.40. The Morgan fingerprint density at radius 3 is 2.43 bits per heavy atom. The number of rotatable bonds is 1. The van der Waals surface area contributed by atoms with Gasteiger partial charge in [0.2, 0.25) is 0 Å². The van der Waals surface area contributed by atoms with E-state index in [0.717, 1.165) is 12.1 Å². The van der Waals surface area contributed by atoms with Gasteiger partial charge in [0.05, 0.1) is 17.2 Å². The van der Waals surface area contributed by atoms with Crippen molar-refractivity contribution in [1.29, 1.82) is 5.26 Å². The second-order valence-corrected chi connectivity index (χ2v) is 2.58. The highest BCUT2D eigenvalue weighted by Gasteiger charge is 2.33. The monoisotopic (exact) mass is 197 g/mol. The molecule has 0 amide bonds. The molecule has 0 saturated carbocycles. The molecule has 0 atom stereocenters. The summed E-state index contributed by atoms with van der Waals surface area (Å²) in [6.45, 7) is 3.26. The molecule has 0 aliphatic heterocycles. The summed E-state index contributed by atoms with van der Waals surface area (Å²) in [5, 5.41) is 8.57. The number of alkyl halides is 3. The van der Waals surface area contributed by atoms with Gasteiger partial charge in [0, 0.05) is 5.56 Å². The lowest BCUT2D eigenvalue weighted by atomic mass is 10.0. The van der Waals surface area contributed by atoms with Gasteiger partial charge in [-0.3, -0.25) is 0 Å². The van der Waals surface area contributed by atoms with E-state index in [-0.39, 0.29) is 11.1 Å². The normalized spacial score (nSPS) is 10.7. The van der Waals surface area contributed by atoms with Crippen LogP contribution in [0.1, 0.15) is 16.7 Å². The molecular formula is C10H6F3N. The van der Waals surface area contributed by atoms with Crippen molar-refractivity contribution in [3.05, 3.63) is 41.5 Å². The van der Waals surface area contributed by atoms with E-state index in [1.165, 1.54) is 12.1 Å². The Morgan fingerprint density at radius 1 is 1.36 bits per heavy atom. The predicted octanol–water partition coefficient (Wildman–Crippen LogP) is 3.22. The fraction of sp³-hybridized carbons (Fsp3) is 0.100. The molecule has 1 aromatic rings. The van der Waals surface area contributed by atoms with Crippen LogP contribution in [0.2, 0.25) is 0 Å². The van der Waals surface area contributed by atoms with Gasteiger partial charge in [0.25, 0.3) is 0 Å². The zero-order chi connectivity index (χ0) is 10.8. The first-order chi connectivity index (χ1) is 6.50. The van der Waals surface area contributed by atoms with Crippen LogP contribution >= 0.6 is 0 Å². The van der Waals surface area contributed by atoms with Crippen LogP contribution in [0.25, 0.3) is 6.08 Å². The second kappa shape index (κ2) is 3.54. The van der Waals surface area contributed by atoms with E-state index in [4.69, 9.17) is 5.26 Å². The van der Waals surface area contributed by atoms with Crippen LogP contribution in [0.5, 0.6) is 0 Å². The smallest absolute Gasteiger partial charge is 0.192 e. The molecule has 0 aliphatic rings. The molecule has 0 radical (unpaired) electrons. The van der Waals surface area contributed by atoms with Crippen LogP contribution < -0.4 is 0 Å². The number of hydrogen-bond acceptors (Lipinski definition) is 1. The minimum atomic E-state index is -4.45. The third-order valence-electron chi connectivity index (χ3n) is 1.74. The van der Waals surface area contributed by atoms with E-state index in [1.807, 2.05) is 0 Å². The minimum absolute atomic E-state index is 0.0187. The summed E-state index contributed by atoms with van der Waals surface area (Å²) >= 11 is 0. The summed E-state index contributed by atoms with van der Waals surface area (Å²) in [7, 11) is 0. The second-order valence-electron chi connectivity index (χ2n) is 2.58. The SMILES string of the molecule is C=Cc1c(C#N)cccc1C(F)(F)F. The average Bonchev–Trinajstić information content (AvgIpc) is 2.15. The number of benzene rings is 1. The quantitative estimate of drug-likeness (QED) is 0.678. The zero-order valence-corrected chi connectivity index (χ0v) is 7.10. The number of hydrogen-bond donors (Lipinski definition) is 0. The van der Waals surface area contributed by atoms with E-state index in [2.05, 4.69) is 6.58 Å². The maximum absolute atomic E-state index is 12.4. The number of nitrogens with zero attached hydrogens (tertiary/aromatic N) is 1. The highest BCUT2D eigenvalue weighted by atomic mass is 19.4. The van der Waals surface area contributed by atoms with Gasteiger partial charge in [-0.2, -0.15) is 18.4 Å². The van der Waals surface area contributed by atoms with Crippen LogP contribution in [0, 0.1) is 11.3 Å². The molecule has 0 bridgehead atoms. The van der Waals surface area contributed by atoms with Crippen molar-refractivity contribution in [3.8, 4) is 6.07 Å². The maximum Gasteiger partial charge on any atom is 0.417 e. The molecule has 0 spiro atoms. The van der Waals surface area contributed by atoms with Crippen molar-refractivity contribution in [1.82, 2.24) is 0 Å². The molecule has 0 N–H and O–H groups in total. The van der Waals surface area contributed by atoms with Gasteiger partial charge in [0.15, 0.2) is 0 Å². The lowest BCUT2D eigenvalue weighted by Gasteiger charge is -2.10. The van der Waals surface area contributed by atoms with Crippen LogP contribution in [-0.2, 0) is 6.18 Å². The largest absolute Gasteiger partial charge is 0.417 e. The third kappa shape index (κ3) is 1.77. The summed E-state index contributed by atoms with van der Waals surface area (Å²) in [5.74, 6) is 0. The van der Waals surface area contributed by atoms with Crippen molar-refractivity contribution in [2.24, 2.45) is 0 Å². The van der Waals surface area contributed by atoms with Gasteiger partial charge in [0.1, 0.15) is 0 Å². The Hall–Kier alpha value is -1.76. The van der Waals surface area contributed by atoms with Crippen LogP contribution in [-0.4, -0.2) is 0 Å². The predicted molar refractivity (Wildman–Crippen MR) is 46.3 cm³/mol. The number of halogens is 3. The van der Waals surface area contributed by atoms with Crippen molar-refractivity contribution < 1.29 is 13.2 Å². The molecular weight excluding hydrogens is 191 g/mol. The van der Waals surface area contributed by atoms with Gasteiger partial charge in [-0.05, 0) is 12.1 Å². The Balaban J connectivity index is 3.46. The summed E-state index contributed by atoms with van der Waals surface area (Å²) in [6, 6.07) is 5.14. The van der Waals surface area contributed by atoms with Gasteiger partial charge >= 0.3 is 6.18 Å². The van der Waals surface area contributed by atoms with E-state index in [9.17, 15) is 13.2 Å². The highest BCUT2D eigenvalue weighted by molar-refractivity contribution is 5.61. The summed E-state index contributed by atoms with van der Waals surface area (Å²) in [4.78, 5) is 0. The molecule has 0 aliphatic carbocycles. The van der Waals surface area contributed by atoms with E-state index in [1.54, 1.807) is 6.07 Å². The molecule has 0 heterocycles. The summed E-state index contributed by atoms with van der Waals surface area (Å²) < 4.78 is 37.2. The fourth-order valence-electron chi connectivity index (χ4n) is 1.13. The average molecular weight is 197 g/mol. The zero-order valence-electron chi connectivity index (χ0n) is 7.10. The molecule has 0 aromatic heterocycles. The van der Waals surface area contributed by atoms with Crippen LogP contribution in [0.3, 0.4) is 0 Å². The molecule has 1 aromatic carbocycles. The van der Waals surface area contributed by atoms with Crippen molar-refractivity contribution >= 4 is 6.08 Å². The van der Waals surface area contributed by atoms with Crippen molar-refractivity contribution in [3.63, 3.8) is 0 Å². The Bertz CT molecular complexity index is 399. The third-order valence-corrected chi connectivity index (χ3v) is 1.74. The summed E-state index contributed by atoms with van der Waals surface area (Å²) in [5.41, 5.74) is -1.01. The van der Waals surface area contributed by atoms with Crippen LogP contribution in [0.4, 0.5) is 13.2 Å². The molecule has 0 unspecified atom stereocenters. The fourth-order valence-corrected chi connectivity index (χ4v) is 1.13. The molecule has 14 heavy (non-hydrogen) atoms. The first-order valence-electron chi connectivity index (χ1n) is 3.73. The number of nitriles is 1. The van der Waals surface area contributed by atoms with E-state index < -0.39 is 11.7 Å². The van der Waals surface area contributed by atoms with Gasteiger partial charge in [-0.15, -0.1) is 0 Å². The Labute approximate surface area is 79.1 Å². The molecule has 72 valence electrons. The molecule has 0 saturated heterocycles. The van der Waals surface area contributed by atoms with E-state index >= 15 is 0 Å². The highest BCUT2D eigenvalue weighted by Crippen LogP contribution is 2.33. The first kappa shape index (κ1) is 10.3. The molecule has 1 nitrogen and oxygen atoms in total. The molecule has 4 heteroatoms. The topological polar surface area (TPSA) is 23.8 Å². The van der Waals surface area contributed by atoms with Crippen LogP contribution in [0.15, 0.2) is 24.8 Å². The molecule has 0 fully saturated rings. The Morgan fingerprint density at radius 2 is 2.00 bits per heavy atom. The van der Waals surface area contributed by atoms with Crippen molar-refractivity contribution in [2.75, 3.05) is 0 Å². The van der Waals surface area contributed by atoms with Crippen molar-refractivity contribution in [2.45, 2.75) is 6.18 Å². The maximum atomic E-state index is 12.4. The molecule has 1 rings (SSSR count). The van der Waals surface area contributed by atoms with Gasteiger partial charge in [-0.25, -0.2) is 0 Å².